The SMILES string of the molecule is C=CC(=O)Nc1cc(Nc2cc(N3OCC[C@@H]3c3ccc(Cl)c(F)c3)ncn2)c(OC)cc1N1CCC(N2C[C@@H]3C[C@H]2CN3CC)CC1. The fraction of sp³-hybridized carbons (Fsp3) is 0.457. The first-order chi connectivity index (χ1) is 23.3. The predicted octanol–water partition coefficient (Wildman–Crippen LogP) is 5.78. The van der Waals surface area contributed by atoms with Crippen molar-refractivity contribution in [1.29, 1.82) is 0 Å². The maximum Gasteiger partial charge on any atom is 0.247 e. The van der Waals surface area contributed by atoms with Crippen LogP contribution in [0.2, 0.25) is 5.02 Å². The molecule has 0 spiro atoms. The number of nitrogens with one attached hydrogen (secondary N) is 2. The molecule has 5 heterocycles. The van der Waals surface area contributed by atoms with Crippen molar-refractivity contribution in [3.8, 4) is 5.75 Å². The van der Waals surface area contributed by atoms with Crippen molar-refractivity contribution in [3.05, 3.63) is 71.8 Å². The number of amides is 1. The smallest absolute Gasteiger partial charge is 0.247 e. The normalized spacial score (nSPS) is 23.1. The highest BCUT2D eigenvalue weighted by Gasteiger charge is 2.45. The summed E-state index contributed by atoms with van der Waals surface area (Å²) < 4.78 is 20.1. The Bertz CT molecular complexity index is 1670. The van der Waals surface area contributed by atoms with Crippen LogP contribution in [0.5, 0.6) is 5.75 Å². The number of carbonyl (C=O) groups is 1. The second kappa shape index (κ2) is 13.9. The maximum atomic E-state index is 14.3. The Morgan fingerprint density at radius 1 is 1.10 bits per heavy atom. The van der Waals surface area contributed by atoms with E-state index in [2.05, 4.69) is 48.8 Å². The zero-order chi connectivity index (χ0) is 33.4. The summed E-state index contributed by atoms with van der Waals surface area (Å²) >= 11 is 5.92. The van der Waals surface area contributed by atoms with Gasteiger partial charge in [0.2, 0.25) is 5.91 Å². The van der Waals surface area contributed by atoms with Crippen molar-refractivity contribution in [1.82, 2.24) is 19.8 Å². The van der Waals surface area contributed by atoms with Crippen LogP contribution >= 0.6 is 11.6 Å². The number of carbonyl (C=O) groups excluding carboxylic acids is 1. The highest BCUT2D eigenvalue weighted by atomic mass is 35.5. The summed E-state index contributed by atoms with van der Waals surface area (Å²) in [6.07, 6.45) is 6.79. The molecule has 1 aromatic heterocycles. The second-order valence-corrected chi connectivity index (χ2v) is 13.2. The number of anilines is 5. The van der Waals surface area contributed by atoms with E-state index < -0.39 is 5.82 Å². The van der Waals surface area contributed by atoms with E-state index in [1.807, 2.05) is 12.1 Å². The van der Waals surface area contributed by atoms with Crippen LogP contribution in [0, 0.1) is 5.82 Å². The lowest BCUT2D eigenvalue weighted by Crippen LogP contribution is -2.53. The molecule has 2 bridgehead atoms. The number of piperazine rings is 1. The minimum atomic E-state index is -0.479. The average molecular weight is 677 g/mol. The Morgan fingerprint density at radius 2 is 1.94 bits per heavy atom. The van der Waals surface area contributed by atoms with Gasteiger partial charge in [-0.2, -0.15) is 0 Å². The number of halogens is 2. The summed E-state index contributed by atoms with van der Waals surface area (Å²) in [7, 11) is 1.62. The molecule has 13 heteroatoms. The highest BCUT2D eigenvalue weighted by Crippen LogP contribution is 2.42. The molecule has 0 saturated carbocycles. The first-order valence-corrected chi connectivity index (χ1v) is 17.1. The van der Waals surface area contributed by atoms with Gasteiger partial charge >= 0.3 is 0 Å². The summed E-state index contributed by atoms with van der Waals surface area (Å²) in [5.74, 6) is 0.833. The molecule has 4 fully saturated rings. The van der Waals surface area contributed by atoms with Crippen LogP contribution in [0.4, 0.5) is 33.1 Å². The molecule has 11 nitrogen and oxygen atoms in total. The Kier molecular flexibility index (Phi) is 9.41. The van der Waals surface area contributed by atoms with Crippen LogP contribution in [0.3, 0.4) is 0 Å². The van der Waals surface area contributed by atoms with Gasteiger partial charge in [-0.05, 0) is 55.6 Å². The van der Waals surface area contributed by atoms with Crippen LogP contribution in [0.25, 0.3) is 0 Å². The molecular weight excluding hydrogens is 635 g/mol. The number of hydroxylamine groups is 1. The first kappa shape index (κ1) is 32.6. The van der Waals surface area contributed by atoms with E-state index in [0.717, 1.165) is 43.7 Å². The lowest BCUT2D eigenvalue weighted by Gasteiger charge is -2.43. The number of nitrogens with zero attached hydrogens (tertiary/aromatic N) is 6. The van der Waals surface area contributed by atoms with Crippen molar-refractivity contribution in [3.63, 3.8) is 0 Å². The van der Waals surface area contributed by atoms with Crippen LogP contribution in [0.15, 0.2) is 55.4 Å². The lowest BCUT2D eigenvalue weighted by molar-refractivity contribution is -0.111. The number of methoxy groups -OCH3 is 1. The van der Waals surface area contributed by atoms with E-state index in [0.29, 0.717) is 59.9 Å². The third-order valence-corrected chi connectivity index (χ3v) is 10.5. The van der Waals surface area contributed by atoms with Gasteiger partial charge < -0.3 is 20.3 Å². The summed E-state index contributed by atoms with van der Waals surface area (Å²) in [6.45, 7) is 11.6. The van der Waals surface area contributed by atoms with Crippen molar-refractivity contribution in [2.24, 2.45) is 0 Å². The van der Waals surface area contributed by atoms with Gasteiger partial charge in [0.05, 0.1) is 41.8 Å². The standard InChI is InChI=1S/C35H42ClFN8O3/c1-4-35(46)41-28-16-29(40-33-18-34(39-21-38-33)45-30(10-13-48-45)22-6-7-26(36)27(37)14-22)32(47-3)17-31(28)43-11-8-23(9-12-43)44-20-24-15-25(44)19-42(24)5-2/h4,6-7,14,16-18,21,23-25,30H,1,5,8-13,15,19-20H2,2-3H3,(H,41,46)(H,38,39,40)/t24-,25-,30+/m0/s1. The van der Waals surface area contributed by atoms with Gasteiger partial charge in [-0.1, -0.05) is 31.2 Å². The van der Waals surface area contributed by atoms with Gasteiger partial charge in [-0.3, -0.25) is 19.4 Å². The summed E-state index contributed by atoms with van der Waals surface area (Å²) in [6, 6.07) is 12.1. The fourth-order valence-electron chi connectivity index (χ4n) is 7.83. The van der Waals surface area contributed by atoms with Gasteiger partial charge in [0, 0.05) is 62.9 Å². The predicted molar refractivity (Wildman–Crippen MR) is 186 cm³/mol. The Labute approximate surface area is 285 Å². The number of hydrogen-bond acceptors (Lipinski definition) is 10. The van der Waals surface area contributed by atoms with E-state index in [1.54, 1.807) is 30.4 Å². The van der Waals surface area contributed by atoms with Gasteiger partial charge in [0.25, 0.3) is 0 Å². The van der Waals surface area contributed by atoms with Crippen molar-refractivity contribution in [2.45, 2.75) is 56.8 Å². The minimum Gasteiger partial charge on any atom is -0.494 e. The molecule has 0 radical (unpaired) electrons. The van der Waals surface area contributed by atoms with E-state index in [4.69, 9.17) is 21.2 Å². The van der Waals surface area contributed by atoms with Gasteiger partial charge in [-0.25, -0.2) is 19.4 Å². The number of piperidine rings is 1. The molecule has 2 N–H and O–H groups in total. The zero-order valence-corrected chi connectivity index (χ0v) is 28.1. The van der Waals surface area contributed by atoms with Crippen molar-refractivity contribution in [2.75, 3.05) is 67.0 Å². The fourth-order valence-corrected chi connectivity index (χ4v) is 7.94. The molecule has 254 valence electrons. The van der Waals surface area contributed by atoms with Gasteiger partial charge in [0.15, 0.2) is 5.82 Å². The summed E-state index contributed by atoms with van der Waals surface area (Å²) in [5.41, 5.74) is 2.91. The largest absolute Gasteiger partial charge is 0.494 e. The Morgan fingerprint density at radius 3 is 2.65 bits per heavy atom. The maximum absolute atomic E-state index is 14.3. The molecule has 3 atom stereocenters. The third-order valence-electron chi connectivity index (χ3n) is 10.2. The number of rotatable bonds is 10. The summed E-state index contributed by atoms with van der Waals surface area (Å²) in [5, 5.41) is 8.10. The van der Waals surface area contributed by atoms with Gasteiger partial charge in [-0.15, -0.1) is 0 Å². The molecule has 4 saturated heterocycles. The number of benzene rings is 2. The van der Waals surface area contributed by atoms with Crippen LogP contribution in [-0.4, -0.2) is 90.2 Å². The topological polar surface area (TPSA) is 98.3 Å². The molecule has 7 rings (SSSR count). The molecule has 4 aliphatic heterocycles. The molecular formula is C35H42ClFN8O3. The molecule has 0 unspecified atom stereocenters. The molecule has 48 heavy (non-hydrogen) atoms. The van der Waals surface area contributed by atoms with E-state index in [1.165, 1.54) is 38.0 Å². The Hall–Kier alpha value is -3.97. The quantitative estimate of drug-likeness (QED) is 0.258. The molecule has 3 aromatic rings. The van der Waals surface area contributed by atoms with Crippen LogP contribution in [0.1, 0.15) is 44.2 Å². The van der Waals surface area contributed by atoms with Gasteiger partial charge in [0.1, 0.15) is 23.7 Å². The number of likely N-dealkylation sites (N-methyl/N-ethyl adjacent to an activating group) is 1. The number of hydrogen-bond donors (Lipinski definition) is 2. The Balaban J connectivity index is 1.10. The first-order valence-electron chi connectivity index (χ1n) is 16.7. The van der Waals surface area contributed by atoms with Crippen molar-refractivity contribution >= 4 is 46.2 Å². The number of likely N-dealkylation sites (tertiary alicyclic amines) is 2. The highest BCUT2D eigenvalue weighted by molar-refractivity contribution is 6.30. The monoisotopic (exact) mass is 676 g/mol. The number of fused-ring (bicyclic) bond motifs is 2. The lowest BCUT2D eigenvalue weighted by atomic mass is 10.0. The number of aromatic nitrogens is 2. The average Bonchev–Trinajstić information content (AvgIpc) is 3.87. The van der Waals surface area contributed by atoms with E-state index in [-0.39, 0.29) is 17.0 Å². The molecule has 4 aliphatic rings. The zero-order valence-electron chi connectivity index (χ0n) is 27.4. The molecule has 2 aromatic carbocycles. The molecule has 1 amide bonds. The van der Waals surface area contributed by atoms with E-state index >= 15 is 0 Å². The third kappa shape index (κ3) is 6.41. The minimum absolute atomic E-state index is 0.0724. The van der Waals surface area contributed by atoms with Crippen LogP contribution in [-0.2, 0) is 9.63 Å². The number of ether oxygens (including phenoxy) is 1. The summed E-state index contributed by atoms with van der Waals surface area (Å²) in [4.78, 5) is 35.1. The van der Waals surface area contributed by atoms with Crippen LogP contribution < -0.4 is 25.3 Å². The second-order valence-electron chi connectivity index (χ2n) is 12.8. The van der Waals surface area contributed by atoms with E-state index in [9.17, 15) is 9.18 Å². The van der Waals surface area contributed by atoms with Crippen molar-refractivity contribution < 1.29 is 18.8 Å². The molecule has 0 aliphatic carbocycles.